The van der Waals surface area contributed by atoms with Crippen molar-refractivity contribution in [3.8, 4) is 0 Å². The maximum atomic E-state index is 8.91. The highest BCUT2D eigenvalue weighted by atomic mass is 32.1. The Labute approximate surface area is 83.7 Å². The average Bonchev–Trinajstić information content (AvgIpc) is 2.08. The van der Waals surface area contributed by atoms with Crippen molar-refractivity contribution in [2.75, 3.05) is 26.3 Å². The SMILES string of the molecule is CC1COC(CO)CN1CC(N)=S. The van der Waals surface area contributed by atoms with E-state index in [4.69, 9.17) is 27.8 Å². The van der Waals surface area contributed by atoms with Crippen molar-refractivity contribution < 1.29 is 9.84 Å². The molecule has 13 heavy (non-hydrogen) atoms. The first-order chi connectivity index (χ1) is 6.13. The van der Waals surface area contributed by atoms with Crippen LogP contribution in [0.3, 0.4) is 0 Å². The second-order valence-electron chi connectivity index (χ2n) is 3.38. The molecule has 0 aromatic rings. The lowest BCUT2D eigenvalue weighted by molar-refractivity contribution is -0.0728. The molecule has 0 saturated carbocycles. The fraction of sp³-hybridized carbons (Fsp3) is 0.875. The number of nitrogens with two attached hydrogens (primary N) is 1. The normalized spacial score (nSPS) is 30.3. The van der Waals surface area contributed by atoms with Crippen LogP contribution in [0, 0.1) is 0 Å². The maximum Gasteiger partial charge on any atom is 0.0933 e. The van der Waals surface area contributed by atoms with Gasteiger partial charge in [-0.3, -0.25) is 4.90 Å². The van der Waals surface area contributed by atoms with Crippen LogP contribution in [-0.4, -0.2) is 53.4 Å². The van der Waals surface area contributed by atoms with Gasteiger partial charge >= 0.3 is 0 Å². The lowest BCUT2D eigenvalue weighted by Gasteiger charge is -2.36. The van der Waals surface area contributed by atoms with Gasteiger partial charge in [-0.1, -0.05) is 12.2 Å². The van der Waals surface area contributed by atoms with E-state index in [0.29, 0.717) is 30.7 Å². The zero-order valence-corrected chi connectivity index (χ0v) is 8.59. The predicted octanol–water partition coefficient (Wildman–Crippen LogP) is -0.646. The van der Waals surface area contributed by atoms with Gasteiger partial charge in [0.05, 0.1) is 24.3 Å². The van der Waals surface area contributed by atoms with E-state index in [9.17, 15) is 0 Å². The number of thiocarbonyl (C=S) groups is 1. The molecule has 1 heterocycles. The molecule has 0 radical (unpaired) electrons. The Morgan fingerprint density at radius 2 is 2.46 bits per heavy atom. The van der Waals surface area contributed by atoms with Gasteiger partial charge in [-0.2, -0.15) is 0 Å². The predicted molar refractivity (Wildman–Crippen MR) is 54.6 cm³/mol. The number of aliphatic hydroxyl groups excluding tert-OH is 1. The van der Waals surface area contributed by atoms with E-state index in [1.165, 1.54) is 0 Å². The van der Waals surface area contributed by atoms with Gasteiger partial charge in [0.25, 0.3) is 0 Å². The van der Waals surface area contributed by atoms with Gasteiger partial charge in [0.1, 0.15) is 0 Å². The van der Waals surface area contributed by atoms with Crippen molar-refractivity contribution in [3.05, 3.63) is 0 Å². The third kappa shape index (κ3) is 3.19. The second-order valence-corrected chi connectivity index (χ2v) is 3.91. The lowest BCUT2D eigenvalue weighted by atomic mass is 10.2. The van der Waals surface area contributed by atoms with Crippen LogP contribution >= 0.6 is 12.2 Å². The highest BCUT2D eigenvalue weighted by Gasteiger charge is 2.25. The molecule has 0 aromatic heterocycles. The Morgan fingerprint density at radius 1 is 1.77 bits per heavy atom. The number of hydrogen-bond acceptors (Lipinski definition) is 4. The summed E-state index contributed by atoms with van der Waals surface area (Å²) >= 11 is 4.84. The van der Waals surface area contributed by atoms with E-state index in [-0.39, 0.29) is 12.7 Å². The van der Waals surface area contributed by atoms with Crippen molar-refractivity contribution >= 4 is 17.2 Å². The first kappa shape index (κ1) is 10.8. The van der Waals surface area contributed by atoms with Crippen LogP contribution in [0.1, 0.15) is 6.92 Å². The fourth-order valence-electron chi connectivity index (χ4n) is 1.41. The summed E-state index contributed by atoms with van der Waals surface area (Å²) in [6, 6.07) is 0.323. The minimum Gasteiger partial charge on any atom is -0.394 e. The van der Waals surface area contributed by atoms with Crippen LogP contribution in [0.5, 0.6) is 0 Å². The number of ether oxygens (including phenoxy) is 1. The summed E-state index contributed by atoms with van der Waals surface area (Å²) in [6.45, 7) is 4.06. The quantitative estimate of drug-likeness (QED) is 0.599. The molecule has 3 N–H and O–H groups in total. The summed E-state index contributed by atoms with van der Waals surface area (Å²) in [5.41, 5.74) is 5.46. The molecule has 1 saturated heterocycles. The fourth-order valence-corrected chi connectivity index (χ4v) is 1.57. The smallest absolute Gasteiger partial charge is 0.0933 e. The Morgan fingerprint density at radius 3 is 3.00 bits per heavy atom. The van der Waals surface area contributed by atoms with Crippen molar-refractivity contribution in [1.29, 1.82) is 0 Å². The molecule has 76 valence electrons. The van der Waals surface area contributed by atoms with E-state index in [0.717, 1.165) is 0 Å². The van der Waals surface area contributed by atoms with Crippen LogP contribution in [0.25, 0.3) is 0 Å². The number of nitrogens with zero attached hydrogens (tertiary/aromatic N) is 1. The van der Waals surface area contributed by atoms with E-state index in [1.54, 1.807) is 0 Å². The molecule has 4 nitrogen and oxygen atoms in total. The van der Waals surface area contributed by atoms with Crippen LogP contribution in [0.15, 0.2) is 0 Å². The molecule has 5 heteroatoms. The summed E-state index contributed by atoms with van der Waals surface area (Å²) < 4.78 is 5.38. The third-order valence-corrected chi connectivity index (χ3v) is 2.33. The molecule has 0 aromatic carbocycles. The van der Waals surface area contributed by atoms with Crippen molar-refractivity contribution in [2.24, 2.45) is 5.73 Å². The van der Waals surface area contributed by atoms with Gasteiger partial charge in [-0.05, 0) is 6.92 Å². The molecule has 0 bridgehead atoms. The van der Waals surface area contributed by atoms with Gasteiger partial charge in [-0.25, -0.2) is 0 Å². The molecule has 2 unspecified atom stereocenters. The molecule has 1 fully saturated rings. The standard InChI is InChI=1S/C8H16N2O2S/c1-6-5-12-7(4-11)2-10(6)3-8(9)13/h6-7,11H,2-5H2,1H3,(H2,9,13). The summed E-state index contributed by atoms with van der Waals surface area (Å²) in [6.07, 6.45) is -0.0921. The highest BCUT2D eigenvalue weighted by Crippen LogP contribution is 2.10. The maximum absolute atomic E-state index is 8.91. The number of hydrogen-bond donors (Lipinski definition) is 2. The summed E-state index contributed by atoms with van der Waals surface area (Å²) in [5.74, 6) is 0. The minimum absolute atomic E-state index is 0.0561. The first-order valence-corrected chi connectivity index (χ1v) is 4.79. The molecule has 1 aliphatic rings. The van der Waals surface area contributed by atoms with E-state index in [1.807, 2.05) is 0 Å². The highest BCUT2D eigenvalue weighted by molar-refractivity contribution is 7.80. The lowest BCUT2D eigenvalue weighted by Crippen LogP contribution is -2.51. The van der Waals surface area contributed by atoms with E-state index in [2.05, 4.69) is 11.8 Å². The van der Waals surface area contributed by atoms with Crippen molar-refractivity contribution in [2.45, 2.75) is 19.1 Å². The van der Waals surface area contributed by atoms with Gasteiger partial charge in [0, 0.05) is 19.1 Å². The number of aliphatic hydroxyl groups is 1. The zero-order chi connectivity index (χ0) is 9.84. The molecule has 1 aliphatic heterocycles. The van der Waals surface area contributed by atoms with Gasteiger partial charge in [-0.15, -0.1) is 0 Å². The summed E-state index contributed by atoms with van der Waals surface area (Å²) in [7, 11) is 0. The van der Waals surface area contributed by atoms with Crippen molar-refractivity contribution in [1.82, 2.24) is 4.90 Å². The Bertz CT molecular complexity index is 189. The average molecular weight is 204 g/mol. The topological polar surface area (TPSA) is 58.7 Å². The molecule has 0 amide bonds. The van der Waals surface area contributed by atoms with Gasteiger partial charge < -0.3 is 15.6 Å². The minimum atomic E-state index is -0.0921. The Hall–Kier alpha value is -0.230. The Balaban J connectivity index is 2.44. The largest absolute Gasteiger partial charge is 0.394 e. The monoisotopic (exact) mass is 204 g/mol. The second kappa shape index (κ2) is 4.85. The van der Waals surface area contributed by atoms with Gasteiger partial charge in [0.2, 0.25) is 0 Å². The van der Waals surface area contributed by atoms with E-state index >= 15 is 0 Å². The summed E-state index contributed by atoms with van der Waals surface area (Å²) in [5, 5.41) is 8.91. The molecule has 1 rings (SSSR count). The van der Waals surface area contributed by atoms with Crippen LogP contribution in [-0.2, 0) is 4.74 Å². The van der Waals surface area contributed by atoms with Crippen molar-refractivity contribution in [3.63, 3.8) is 0 Å². The Kier molecular flexibility index (Phi) is 4.05. The molecule has 0 spiro atoms. The van der Waals surface area contributed by atoms with Crippen LogP contribution in [0.2, 0.25) is 0 Å². The van der Waals surface area contributed by atoms with E-state index < -0.39 is 0 Å². The molecule has 0 aliphatic carbocycles. The van der Waals surface area contributed by atoms with Crippen LogP contribution < -0.4 is 5.73 Å². The third-order valence-electron chi connectivity index (χ3n) is 2.20. The number of rotatable bonds is 3. The molecular weight excluding hydrogens is 188 g/mol. The molecular formula is C8H16N2O2S. The number of morpholine rings is 1. The van der Waals surface area contributed by atoms with Crippen LogP contribution in [0.4, 0.5) is 0 Å². The summed E-state index contributed by atoms with van der Waals surface area (Å²) in [4.78, 5) is 2.62. The zero-order valence-electron chi connectivity index (χ0n) is 7.77. The van der Waals surface area contributed by atoms with Gasteiger partial charge in [0.15, 0.2) is 0 Å². The first-order valence-electron chi connectivity index (χ1n) is 4.38. The molecule has 2 atom stereocenters.